The molecule has 1 rings (SSSR count). The summed E-state index contributed by atoms with van der Waals surface area (Å²) < 4.78 is 0. The Morgan fingerprint density at radius 1 is 0.885 bits per heavy atom. The largest absolute Gasteiger partial charge is 0.507 e. The maximum absolute atomic E-state index is 13.0. The fraction of sp³-hybridized carbons (Fsp3) is 0.682. The van der Waals surface area contributed by atoms with Crippen molar-refractivity contribution in [1.29, 1.82) is 0 Å². The number of carbonyl (C=O) groups is 1. The number of rotatable bonds is 4. The van der Waals surface area contributed by atoms with Crippen molar-refractivity contribution >= 4 is 5.91 Å². The Bertz CT molecular complexity index is 639. The first-order valence-corrected chi connectivity index (χ1v) is 9.25. The number of hydrogen-bond donors (Lipinski definition) is 3. The molecule has 0 aliphatic heterocycles. The van der Waals surface area contributed by atoms with Gasteiger partial charge in [-0.15, -0.1) is 0 Å². The molecule has 3 N–H and O–H groups in total. The number of amides is 1. The van der Waals surface area contributed by atoms with Gasteiger partial charge in [0, 0.05) is 0 Å². The van der Waals surface area contributed by atoms with Crippen LogP contribution in [0.4, 0.5) is 0 Å². The molecule has 0 saturated heterocycles. The number of benzene rings is 1. The smallest absolute Gasteiger partial charge is 0.230 e. The number of phenols is 1. The lowest BCUT2D eigenvalue weighted by Crippen LogP contribution is -2.52. The summed E-state index contributed by atoms with van der Waals surface area (Å²) in [7, 11) is 0. The lowest BCUT2D eigenvalue weighted by atomic mass is 9.73. The first-order valence-electron chi connectivity index (χ1n) is 9.25. The zero-order valence-electron chi connectivity index (χ0n) is 18.2. The molecule has 0 aliphatic carbocycles. The number of aliphatic hydroxyl groups excluding tert-OH is 1. The second-order valence-electron chi connectivity index (χ2n) is 10.5. The highest BCUT2D eigenvalue weighted by molar-refractivity contribution is 5.88. The van der Waals surface area contributed by atoms with Crippen LogP contribution in [-0.4, -0.2) is 28.3 Å². The third-order valence-corrected chi connectivity index (χ3v) is 4.86. The molecule has 0 heterocycles. The molecule has 0 atom stereocenters. The molecular weight excluding hydrogens is 326 g/mol. The predicted octanol–water partition coefficient (Wildman–Crippen LogP) is 4.15. The van der Waals surface area contributed by atoms with Crippen LogP contribution in [0.5, 0.6) is 5.75 Å². The van der Waals surface area contributed by atoms with Crippen molar-refractivity contribution in [1.82, 2.24) is 5.32 Å². The van der Waals surface area contributed by atoms with E-state index in [2.05, 4.69) is 46.9 Å². The van der Waals surface area contributed by atoms with Gasteiger partial charge in [0.05, 0.1) is 17.6 Å². The molecule has 4 nitrogen and oxygen atoms in total. The fourth-order valence-electron chi connectivity index (χ4n) is 2.77. The Morgan fingerprint density at radius 2 is 1.27 bits per heavy atom. The Morgan fingerprint density at radius 3 is 1.58 bits per heavy atom. The molecule has 1 amide bonds. The minimum atomic E-state index is -0.805. The van der Waals surface area contributed by atoms with Gasteiger partial charge in [0.2, 0.25) is 5.91 Å². The summed E-state index contributed by atoms with van der Waals surface area (Å²) in [6, 6.07) is 3.88. The van der Waals surface area contributed by atoms with Gasteiger partial charge in [-0.2, -0.15) is 0 Å². The molecule has 0 aromatic heterocycles. The van der Waals surface area contributed by atoms with Crippen LogP contribution in [0.1, 0.15) is 85.9 Å². The molecule has 0 spiro atoms. The molecule has 0 aliphatic rings. The van der Waals surface area contributed by atoms with Gasteiger partial charge in [-0.1, -0.05) is 53.7 Å². The van der Waals surface area contributed by atoms with Crippen molar-refractivity contribution in [2.45, 2.75) is 91.0 Å². The summed E-state index contributed by atoms with van der Waals surface area (Å²) in [6.07, 6.45) is 0. The highest BCUT2D eigenvalue weighted by Crippen LogP contribution is 2.42. The molecule has 0 radical (unpaired) electrons. The summed E-state index contributed by atoms with van der Waals surface area (Å²) in [6.45, 7) is 19.5. The van der Waals surface area contributed by atoms with E-state index in [0.717, 1.165) is 16.7 Å². The van der Waals surface area contributed by atoms with Crippen LogP contribution in [0.3, 0.4) is 0 Å². The molecule has 4 heteroatoms. The number of carbonyl (C=O) groups excluding carboxylic acids is 1. The zero-order valence-corrected chi connectivity index (χ0v) is 18.2. The molecule has 26 heavy (non-hydrogen) atoms. The van der Waals surface area contributed by atoms with Gasteiger partial charge in [0.1, 0.15) is 5.75 Å². The number of phenolic OH excluding ortho intramolecular Hbond substituents is 1. The lowest BCUT2D eigenvalue weighted by molar-refractivity contribution is -0.127. The van der Waals surface area contributed by atoms with Crippen LogP contribution >= 0.6 is 0 Å². The summed E-state index contributed by atoms with van der Waals surface area (Å²) in [5.41, 5.74) is 0.528. The van der Waals surface area contributed by atoms with E-state index in [1.807, 2.05) is 26.0 Å². The minimum absolute atomic E-state index is 0.134. The third kappa shape index (κ3) is 4.79. The van der Waals surface area contributed by atoms with Crippen molar-refractivity contribution < 1.29 is 15.0 Å². The van der Waals surface area contributed by atoms with Crippen LogP contribution in [0.25, 0.3) is 0 Å². The van der Waals surface area contributed by atoms with Crippen LogP contribution in [0.15, 0.2) is 12.1 Å². The first-order chi connectivity index (χ1) is 11.4. The normalized spacial score (nSPS) is 13.7. The average molecular weight is 364 g/mol. The number of aromatic hydroxyl groups is 1. The van der Waals surface area contributed by atoms with Gasteiger partial charge in [0.25, 0.3) is 0 Å². The van der Waals surface area contributed by atoms with Crippen molar-refractivity contribution in [3.63, 3.8) is 0 Å². The second kappa shape index (κ2) is 6.88. The quantitative estimate of drug-likeness (QED) is 0.752. The van der Waals surface area contributed by atoms with Crippen LogP contribution in [-0.2, 0) is 21.0 Å². The predicted molar refractivity (Wildman–Crippen MR) is 108 cm³/mol. The number of nitrogens with one attached hydrogen (secondary N) is 1. The van der Waals surface area contributed by atoms with Crippen LogP contribution < -0.4 is 5.32 Å². The topological polar surface area (TPSA) is 69.6 Å². The molecule has 1 aromatic rings. The van der Waals surface area contributed by atoms with Gasteiger partial charge in [-0.3, -0.25) is 4.79 Å². The molecule has 0 fully saturated rings. The summed E-state index contributed by atoms with van der Waals surface area (Å²) in [5, 5.41) is 23.3. The number of hydrogen-bond acceptors (Lipinski definition) is 3. The Hall–Kier alpha value is -1.55. The number of aliphatic hydroxyl groups is 1. The standard InChI is InChI=1S/C22H37NO3/c1-19(2,3)15-11-14(12-16(17(15)25)20(4,5)6)22(9,10)18(26)23-21(7,8)13-24/h11-12,24-25H,13H2,1-10H3,(H,23,26). The molecule has 0 unspecified atom stereocenters. The van der Waals surface area contributed by atoms with Crippen LogP contribution in [0.2, 0.25) is 0 Å². The van der Waals surface area contributed by atoms with E-state index in [-0.39, 0.29) is 23.3 Å². The van der Waals surface area contributed by atoms with Gasteiger partial charge in [-0.05, 0) is 55.2 Å². The summed E-state index contributed by atoms with van der Waals surface area (Å²) in [4.78, 5) is 13.0. The maximum atomic E-state index is 13.0. The Kier molecular flexibility index (Phi) is 5.95. The molecular formula is C22H37NO3. The lowest BCUT2D eigenvalue weighted by Gasteiger charge is -2.34. The van der Waals surface area contributed by atoms with Crippen molar-refractivity contribution in [3.05, 3.63) is 28.8 Å². The molecule has 148 valence electrons. The van der Waals surface area contributed by atoms with Gasteiger partial charge in [0.15, 0.2) is 0 Å². The van der Waals surface area contributed by atoms with Crippen molar-refractivity contribution in [2.24, 2.45) is 0 Å². The van der Waals surface area contributed by atoms with Gasteiger partial charge >= 0.3 is 0 Å². The highest BCUT2D eigenvalue weighted by Gasteiger charge is 2.36. The van der Waals surface area contributed by atoms with E-state index in [1.54, 1.807) is 13.8 Å². The average Bonchev–Trinajstić information content (AvgIpc) is 2.44. The van der Waals surface area contributed by atoms with Gasteiger partial charge in [-0.25, -0.2) is 0 Å². The maximum Gasteiger partial charge on any atom is 0.230 e. The Balaban J connectivity index is 3.59. The van der Waals surface area contributed by atoms with Crippen LogP contribution in [0, 0.1) is 0 Å². The van der Waals surface area contributed by atoms with Crippen molar-refractivity contribution in [2.75, 3.05) is 6.61 Å². The molecule has 1 aromatic carbocycles. The Labute approximate surface area is 159 Å². The fourth-order valence-corrected chi connectivity index (χ4v) is 2.77. The molecule has 0 bridgehead atoms. The van der Waals surface area contributed by atoms with E-state index in [0.29, 0.717) is 5.75 Å². The SMILES string of the molecule is CC(C)(CO)NC(=O)C(C)(C)c1cc(C(C)(C)C)c(O)c(C(C)(C)C)c1. The van der Waals surface area contributed by atoms with Gasteiger partial charge < -0.3 is 15.5 Å². The van der Waals surface area contributed by atoms with E-state index < -0.39 is 11.0 Å². The first kappa shape index (κ1) is 22.5. The zero-order chi connectivity index (χ0) is 20.7. The monoisotopic (exact) mass is 363 g/mol. The van der Waals surface area contributed by atoms with E-state index in [9.17, 15) is 15.0 Å². The highest BCUT2D eigenvalue weighted by atomic mass is 16.3. The summed E-state index contributed by atoms with van der Waals surface area (Å²) >= 11 is 0. The van der Waals surface area contributed by atoms with E-state index in [1.165, 1.54) is 0 Å². The van der Waals surface area contributed by atoms with E-state index in [4.69, 9.17) is 0 Å². The van der Waals surface area contributed by atoms with E-state index >= 15 is 0 Å². The van der Waals surface area contributed by atoms with Crippen molar-refractivity contribution in [3.8, 4) is 5.75 Å². The second-order valence-corrected chi connectivity index (χ2v) is 10.5. The third-order valence-electron chi connectivity index (χ3n) is 4.86. The summed E-state index contributed by atoms with van der Waals surface area (Å²) in [5.74, 6) is 0.155. The molecule has 0 saturated carbocycles. The minimum Gasteiger partial charge on any atom is -0.507 e.